The Morgan fingerprint density at radius 3 is 3.00 bits per heavy atom. The number of aliphatic hydroxyl groups excluding tert-OH is 1. The lowest BCUT2D eigenvalue weighted by atomic mass is 9.96. The molecule has 1 aromatic heterocycles. The molecule has 2 heterocycles. The fourth-order valence-corrected chi connectivity index (χ4v) is 2.68. The molecule has 0 amide bonds. The van der Waals surface area contributed by atoms with Crippen LogP contribution < -0.4 is 4.90 Å². The molecule has 0 spiro atoms. The highest BCUT2D eigenvalue weighted by Crippen LogP contribution is 2.28. The van der Waals surface area contributed by atoms with E-state index in [1.165, 1.54) is 0 Å². The minimum Gasteiger partial charge on any atom is -0.391 e. The van der Waals surface area contributed by atoms with Crippen molar-refractivity contribution in [1.29, 1.82) is 0 Å². The van der Waals surface area contributed by atoms with Crippen LogP contribution in [0, 0.1) is 5.92 Å². The third-order valence-electron chi connectivity index (χ3n) is 3.80. The zero-order valence-corrected chi connectivity index (χ0v) is 11.5. The Hall–Kier alpha value is -1.39. The van der Waals surface area contributed by atoms with Gasteiger partial charge in [-0.15, -0.1) is 0 Å². The summed E-state index contributed by atoms with van der Waals surface area (Å²) in [7, 11) is 0. The molecule has 1 aliphatic rings. The lowest BCUT2D eigenvalue weighted by Crippen LogP contribution is -2.43. The van der Waals surface area contributed by atoms with Gasteiger partial charge in [0.15, 0.2) is 0 Å². The molecule has 0 radical (unpaired) electrons. The van der Waals surface area contributed by atoms with Gasteiger partial charge in [-0.1, -0.05) is 18.5 Å². The normalized spacial score (nSPS) is 23.8. The van der Waals surface area contributed by atoms with Crippen molar-refractivity contribution in [2.45, 2.75) is 19.4 Å². The smallest absolute Gasteiger partial charge is 0.139 e. The average Bonchev–Trinajstić information content (AvgIpc) is 2.41. The van der Waals surface area contributed by atoms with Gasteiger partial charge < -0.3 is 10.0 Å². The van der Waals surface area contributed by atoms with E-state index in [1.807, 2.05) is 18.2 Å². The molecule has 5 heteroatoms. The maximum Gasteiger partial charge on any atom is 0.139 e. The van der Waals surface area contributed by atoms with E-state index in [1.54, 1.807) is 6.33 Å². The van der Waals surface area contributed by atoms with Crippen molar-refractivity contribution in [1.82, 2.24) is 9.97 Å². The van der Waals surface area contributed by atoms with Crippen LogP contribution in [0.25, 0.3) is 10.9 Å². The van der Waals surface area contributed by atoms with Crippen molar-refractivity contribution in [2.24, 2.45) is 5.92 Å². The van der Waals surface area contributed by atoms with Crippen molar-refractivity contribution in [3.05, 3.63) is 29.5 Å². The van der Waals surface area contributed by atoms with E-state index in [-0.39, 0.29) is 6.10 Å². The van der Waals surface area contributed by atoms with E-state index < -0.39 is 0 Å². The summed E-state index contributed by atoms with van der Waals surface area (Å²) in [6.45, 7) is 3.61. The minimum atomic E-state index is -0.300. The Morgan fingerprint density at radius 1 is 1.37 bits per heavy atom. The topological polar surface area (TPSA) is 49.2 Å². The summed E-state index contributed by atoms with van der Waals surface area (Å²) in [6.07, 6.45) is 2.23. The predicted molar refractivity (Wildman–Crippen MR) is 76.5 cm³/mol. The number of β-amino-alcohol motifs (C(OH)–C–C–N with tert-alkyl or cyclic N) is 1. The fraction of sp³-hybridized carbons (Fsp3) is 0.429. The van der Waals surface area contributed by atoms with Crippen LogP contribution >= 0.6 is 11.6 Å². The maximum atomic E-state index is 10.0. The van der Waals surface area contributed by atoms with E-state index in [2.05, 4.69) is 21.8 Å². The molecule has 2 atom stereocenters. The Bertz CT molecular complexity index is 604. The first-order valence-corrected chi connectivity index (χ1v) is 6.86. The molecule has 1 aromatic carbocycles. The van der Waals surface area contributed by atoms with Gasteiger partial charge >= 0.3 is 0 Å². The molecule has 100 valence electrons. The number of rotatable bonds is 1. The van der Waals surface area contributed by atoms with Crippen LogP contribution in [-0.4, -0.2) is 34.3 Å². The standard InChI is InChI=1S/C14H16ClN3O/c1-9-4-5-18(7-13(9)19)14-11-3-2-10(15)6-12(11)16-8-17-14/h2-3,6,8-9,13,19H,4-5,7H2,1H3. The number of fused-ring (bicyclic) bond motifs is 1. The van der Waals surface area contributed by atoms with Gasteiger partial charge in [-0.2, -0.15) is 0 Å². The highest BCUT2D eigenvalue weighted by Gasteiger charge is 2.26. The lowest BCUT2D eigenvalue weighted by Gasteiger charge is -2.35. The molecule has 2 unspecified atom stereocenters. The summed E-state index contributed by atoms with van der Waals surface area (Å²) >= 11 is 5.99. The van der Waals surface area contributed by atoms with E-state index in [4.69, 9.17) is 11.6 Å². The highest BCUT2D eigenvalue weighted by molar-refractivity contribution is 6.31. The molecule has 1 fully saturated rings. The fourth-order valence-electron chi connectivity index (χ4n) is 2.51. The SMILES string of the molecule is CC1CCN(c2ncnc3cc(Cl)ccc23)CC1O. The zero-order chi connectivity index (χ0) is 13.4. The lowest BCUT2D eigenvalue weighted by molar-refractivity contribution is 0.103. The highest BCUT2D eigenvalue weighted by atomic mass is 35.5. The zero-order valence-electron chi connectivity index (χ0n) is 10.8. The Kier molecular flexibility index (Phi) is 3.29. The number of nitrogens with zero attached hydrogens (tertiary/aromatic N) is 3. The largest absolute Gasteiger partial charge is 0.391 e. The van der Waals surface area contributed by atoms with Crippen molar-refractivity contribution < 1.29 is 5.11 Å². The summed E-state index contributed by atoms with van der Waals surface area (Å²) in [5.74, 6) is 1.23. The van der Waals surface area contributed by atoms with Crippen LogP contribution in [0.1, 0.15) is 13.3 Å². The molecule has 1 saturated heterocycles. The van der Waals surface area contributed by atoms with Crippen LogP contribution in [0.15, 0.2) is 24.5 Å². The van der Waals surface area contributed by atoms with Crippen LogP contribution in [-0.2, 0) is 0 Å². The number of anilines is 1. The molecular weight excluding hydrogens is 262 g/mol. The van der Waals surface area contributed by atoms with Crippen molar-refractivity contribution in [3.8, 4) is 0 Å². The third-order valence-corrected chi connectivity index (χ3v) is 4.03. The summed E-state index contributed by atoms with van der Waals surface area (Å²) in [6, 6.07) is 5.63. The molecule has 4 nitrogen and oxygen atoms in total. The number of aromatic nitrogens is 2. The quantitative estimate of drug-likeness (QED) is 0.870. The van der Waals surface area contributed by atoms with E-state index in [0.29, 0.717) is 17.5 Å². The number of hydrogen-bond acceptors (Lipinski definition) is 4. The second-order valence-corrected chi connectivity index (χ2v) is 5.57. The van der Waals surface area contributed by atoms with Crippen molar-refractivity contribution in [2.75, 3.05) is 18.0 Å². The second kappa shape index (κ2) is 4.94. The van der Waals surface area contributed by atoms with Crippen LogP contribution in [0.3, 0.4) is 0 Å². The number of aliphatic hydroxyl groups is 1. The number of hydrogen-bond donors (Lipinski definition) is 1. The molecule has 0 bridgehead atoms. The van der Waals surface area contributed by atoms with Crippen molar-refractivity contribution in [3.63, 3.8) is 0 Å². The molecule has 1 N–H and O–H groups in total. The number of piperidine rings is 1. The number of halogens is 1. The summed E-state index contributed by atoms with van der Waals surface area (Å²) in [4.78, 5) is 10.8. The van der Waals surface area contributed by atoms with Crippen LogP contribution in [0.2, 0.25) is 5.02 Å². The molecule has 3 rings (SSSR count). The molecular formula is C14H16ClN3O. The minimum absolute atomic E-state index is 0.300. The Morgan fingerprint density at radius 2 is 2.21 bits per heavy atom. The summed E-state index contributed by atoms with van der Waals surface area (Å²) < 4.78 is 0. The van der Waals surface area contributed by atoms with Gasteiger partial charge in [-0.3, -0.25) is 0 Å². The molecule has 19 heavy (non-hydrogen) atoms. The first-order chi connectivity index (χ1) is 9.15. The van der Waals surface area contributed by atoms with Gasteiger partial charge in [0.1, 0.15) is 12.1 Å². The van der Waals surface area contributed by atoms with Gasteiger partial charge in [0.25, 0.3) is 0 Å². The molecule has 2 aromatic rings. The molecule has 1 aliphatic heterocycles. The number of benzene rings is 1. The van der Waals surface area contributed by atoms with Crippen LogP contribution in [0.4, 0.5) is 5.82 Å². The first kappa shape index (κ1) is 12.6. The summed E-state index contributed by atoms with van der Waals surface area (Å²) in [5.41, 5.74) is 0.839. The third kappa shape index (κ3) is 2.38. The van der Waals surface area contributed by atoms with Gasteiger partial charge in [-0.25, -0.2) is 9.97 Å². The molecule has 0 aliphatic carbocycles. The van der Waals surface area contributed by atoms with E-state index >= 15 is 0 Å². The Labute approximate surface area is 117 Å². The van der Waals surface area contributed by atoms with Gasteiger partial charge in [0.2, 0.25) is 0 Å². The monoisotopic (exact) mass is 277 g/mol. The van der Waals surface area contributed by atoms with Gasteiger partial charge in [0.05, 0.1) is 11.6 Å². The Balaban J connectivity index is 2.01. The average molecular weight is 278 g/mol. The second-order valence-electron chi connectivity index (χ2n) is 5.14. The van der Waals surface area contributed by atoms with Crippen molar-refractivity contribution >= 4 is 28.3 Å². The molecule has 0 saturated carbocycles. The van der Waals surface area contributed by atoms with Gasteiger partial charge in [0, 0.05) is 23.5 Å². The maximum absolute atomic E-state index is 10.0. The summed E-state index contributed by atoms with van der Waals surface area (Å²) in [5, 5.41) is 11.7. The van der Waals surface area contributed by atoms with Crippen LogP contribution in [0.5, 0.6) is 0 Å². The first-order valence-electron chi connectivity index (χ1n) is 6.48. The van der Waals surface area contributed by atoms with Gasteiger partial charge in [-0.05, 0) is 30.5 Å². The predicted octanol–water partition coefficient (Wildman–Crippen LogP) is 2.49. The van der Waals surface area contributed by atoms with E-state index in [9.17, 15) is 5.11 Å². The van der Waals surface area contributed by atoms with E-state index in [0.717, 1.165) is 29.7 Å².